The summed E-state index contributed by atoms with van der Waals surface area (Å²) in [4.78, 5) is 11.8. The maximum atomic E-state index is 11.9. The van der Waals surface area contributed by atoms with E-state index in [4.69, 9.17) is 9.88 Å². The largest absolute Gasteiger partial charge is 0.496 e. The first-order valence-corrected chi connectivity index (χ1v) is 8.24. The van der Waals surface area contributed by atoms with Crippen molar-refractivity contribution in [2.45, 2.75) is 11.4 Å². The number of hydrogen-bond donors (Lipinski definition) is 3. The van der Waals surface area contributed by atoms with Gasteiger partial charge in [-0.3, -0.25) is 0 Å². The Kier molecular flexibility index (Phi) is 5.20. The topological polar surface area (TPSA) is 111 Å². The van der Waals surface area contributed by atoms with E-state index in [0.29, 0.717) is 18.0 Å². The second-order valence-corrected chi connectivity index (χ2v) is 6.25. The summed E-state index contributed by atoms with van der Waals surface area (Å²) in [6.07, 6.45) is 0. The number of carbonyl (C=O) groups excluding carboxylic acids is 1. The van der Waals surface area contributed by atoms with E-state index in [0.717, 1.165) is 5.56 Å². The van der Waals surface area contributed by atoms with E-state index in [1.54, 1.807) is 13.2 Å². The molecule has 7 nitrogen and oxygen atoms in total. The van der Waals surface area contributed by atoms with Gasteiger partial charge in [0.05, 0.1) is 12.0 Å². The summed E-state index contributed by atoms with van der Waals surface area (Å²) < 4.78 is 27.5. The second kappa shape index (κ2) is 7.12. The van der Waals surface area contributed by atoms with Crippen LogP contribution in [0.15, 0.2) is 53.4 Å². The van der Waals surface area contributed by atoms with Crippen molar-refractivity contribution >= 4 is 21.7 Å². The van der Waals surface area contributed by atoms with Gasteiger partial charge < -0.3 is 15.4 Å². The molecule has 122 valence electrons. The van der Waals surface area contributed by atoms with Gasteiger partial charge in [-0.1, -0.05) is 18.2 Å². The Hall–Kier alpha value is -2.58. The Labute approximate surface area is 134 Å². The number of urea groups is 1. The normalized spacial score (nSPS) is 10.9. The second-order valence-electron chi connectivity index (χ2n) is 4.69. The number of amides is 2. The van der Waals surface area contributed by atoms with Gasteiger partial charge in [0, 0.05) is 17.8 Å². The molecule has 2 aromatic carbocycles. The minimum atomic E-state index is -3.74. The van der Waals surface area contributed by atoms with Gasteiger partial charge in [0.15, 0.2) is 0 Å². The average Bonchev–Trinajstić information content (AvgIpc) is 2.53. The van der Waals surface area contributed by atoms with E-state index in [-0.39, 0.29) is 4.90 Å². The van der Waals surface area contributed by atoms with Gasteiger partial charge in [-0.05, 0) is 30.3 Å². The number of nitrogens with one attached hydrogen (secondary N) is 2. The van der Waals surface area contributed by atoms with Crippen molar-refractivity contribution in [2.24, 2.45) is 5.14 Å². The zero-order valence-electron chi connectivity index (χ0n) is 12.4. The average molecular weight is 335 g/mol. The summed E-state index contributed by atoms with van der Waals surface area (Å²) in [7, 11) is -2.18. The molecule has 0 radical (unpaired) electrons. The highest BCUT2D eigenvalue weighted by Crippen LogP contribution is 2.17. The number of carbonyl (C=O) groups is 1. The third-order valence-corrected chi connectivity index (χ3v) is 4.00. The molecule has 0 heterocycles. The third-order valence-electron chi connectivity index (χ3n) is 3.07. The van der Waals surface area contributed by atoms with Gasteiger partial charge in [-0.15, -0.1) is 0 Å². The molecule has 8 heteroatoms. The molecule has 2 rings (SSSR count). The van der Waals surface area contributed by atoms with Crippen LogP contribution in [0.5, 0.6) is 5.75 Å². The number of primary sulfonamides is 1. The SMILES string of the molecule is COc1ccccc1CNC(=O)Nc1ccc(S(N)(=O)=O)cc1. The molecule has 0 aliphatic rings. The number of nitrogens with two attached hydrogens (primary N) is 1. The molecular weight excluding hydrogens is 318 g/mol. The number of hydrogen-bond acceptors (Lipinski definition) is 4. The minimum Gasteiger partial charge on any atom is -0.496 e. The van der Waals surface area contributed by atoms with Crippen molar-refractivity contribution in [1.82, 2.24) is 5.32 Å². The Morgan fingerprint density at radius 3 is 2.39 bits per heavy atom. The van der Waals surface area contributed by atoms with Crippen LogP contribution in [0.1, 0.15) is 5.56 Å². The molecule has 4 N–H and O–H groups in total. The summed E-state index contributed by atoms with van der Waals surface area (Å²) in [5, 5.41) is 10.3. The lowest BCUT2D eigenvalue weighted by Gasteiger charge is -2.10. The van der Waals surface area contributed by atoms with Crippen LogP contribution in [0, 0.1) is 0 Å². The number of rotatable bonds is 5. The molecule has 0 saturated heterocycles. The van der Waals surface area contributed by atoms with Crippen LogP contribution in [-0.2, 0) is 16.6 Å². The fraction of sp³-hybridized carbons (Fsp3) is 0.133. The van der Waals surface area contributed by atoms with Gasteiger partial charge >= 0.3 is 6.03 Å². The van der Waals surface area contributed by atoms with Gasteiger partial charge in [0.25, 0.3) is 0 Å². The predicted molar refractivity (Wildman–Crippen MR) is 86.7 cm³/mol. The van der Waals surface area contributed by atoms with Crippen molar-refractivity contribution < 1.29 is 17.9 Å². The maximum absolute atomic E-state index is 11.9. The lowest BCUT2D eigenvalue weighted by atomic mass is 10.2. The maximum Gasteiger partial charge on any atom is 0.319 e. The van der Waals surface area contributed by atoms with E-state index in [1.165, 1.54) is 24.3 Å². The fourth-order valence-corrected chi connectivity index (χ4v) is 2.44. The molecule has 2 aromatic rings. The molecular formula is C15H17N3O4S. The van der Waals surface area contributed by atoms with Crippen LogP contribution in [0.3, 0.4) is 0 Å². The molecule has 0 bridgehead atoms. The van der Waals surface area contributed by atoms with Crippen LogP contribution in [-0.4, -0.2) is 21.6 Å². The van der Waals surface area contributed by atoms with Crippen LogP contribution in [0.25, 0.3) is 0 Å². The molecule has 0 spiro atoms. The summed E-state index contributed by atoms with van der Waals surface area (Å²) in [5.41, 5.74) is 1.30. The summed E-state index contributed by atoms with van der Waals surface area (Å²) in [6, 6.07) is 12.5. The van der Waals surface area contributed by atoms with E-state index in [2.05, 4.69) is 10.6 Å². The molecule has 0 unspecified atom stereocenters. The lowest BCUT2D eigenvalue weighted by Crippen LogP contribution is -2.28. The van der Waals surface area contributed by atoms with Crippen LogP contribution in [0.2, 0.25) is 0 Å². The van der Waals surface area contributed by atoms with Crippen LogP contribution >= 0.6 is 0 Å². The molecule has 23 heavy (non-hydrogen) atoms. The Morgan fingerprint density at radius 1 is 1.13 bits per heavy atom. The Bertz CT molecular complexity index is 789. The monoisotopic (exact) mass is 335 g/mol. The van der Waals surface area contributed by atoms with Crippen molar-refractivity contribution in [3.8, 4) is 5.75 Å². The van der Waals surface area contributed by atoms with Gasteiger partial charge in [0.2, 0.25) is 10.0 Å². The highest BCUT2D eigenvalue weighted by atomic mass is 32.2. The van der Waals surface area contributed by atoms with Crippen molar-refractivity contribution in [2.75, 3.05) is 12.4 Å². The quantitative estimate of drug-likeness (QED) is 0.771. The Morgan fingerprint density at radius 2 is 1.78 bits per heavy atom. The lowest BCUT2D eigenvalue weighted by molar-refractivity contribution is 0.251. The number of para-hydroxylation sites is 1. The van der Waals surface area contributed by atoms with Crippen molar-refractivity contribution in [3.63, 3.8) is 0 Å². The molecule has 0 aromatic heterocycles. The van der Waals surface area contributed by atoms with E-state index in [9.17, 15) is 13.2 Å². The van der Waals surface area contributed by atoms with Gasteiger partial charge in [-0.2, -0.15) is 0 Å². The van der Waals surface area contributed by atoms with Crippen LogP contribution in [0.4, 0.5) is 10.5 Å². The zero-order chi connectivity index (χ0) is 16.9. The minimum absolute atomic E-state index is 0.0162. The molecule has 0 fully saturated rings. The van der Waals surface area contributed by atoms with Gasteiger partial charge in [0.1, 0.15) is 5.75 Å². The smallest absolute Gasteiger partial charge is 0.319 e. The highest BCUT2D eigenvalue weighted by Gasteiger charge is 2.08. The summed E-state index contributed by atoms with van der Waals surface area (Å²) >= 11 is 0. The zero-order valence-corrected chi connectivity index (χ0v) is 13.3. The number of benzene rings is 2. The molecule has 0 aliphatic heterocycles. The van der Waals surface area contributed by atoms with E-state index >= 15 is 0 Å². The number of sulfonamides is 1. The van der Waals surface area contributed by atoms with Gasteiger partial charge in [-0.25, -0.2) is 18.4 Å². The molecule has 0 saturated carbocycles. The number of ether oxygens (including phenoxy) is 1. The molecule has 0 atom stereocenters. The number of anilines is 1. The number of methoxy groups -OCH3 is 1. The summed E-state index contributed by atoms with van der Waals surface area (Å²) in [5.74, 6) is 0.685. The highest BCUT2D eigenvalue weighted by molar-refractivity contribution is 7.89. The van der Waals surface area contributed by atoms with E-state index in [1.807, 2.05) is 18.2 Å². The predicted octanol–water partition coefficient (Wildman–Crippen LogP) is 1.66. The fourth-order valence-electron chi connectivity index (χ4n) is 1.93. The standard InChI is InChI=1S/C15H17N3O4S/c1-22-14-5-3-2-4-11(14)10-17-15(19)18-12-6-8-13(9-7-12)23(16,20)21/h2-9H,10H2,1H3,(H2,16,20,21)(H2,17,18,19). The van der Waals surface area contributed by atoms with Crippen LogP contribution < -0.4 is 20.5 Å². The third kappa shape index (κ3) is 4.70. The molecule has 0 aliphatic carbocycles. The summed E-state index contributed by atoms with van der Waals surface area (Å²) in [6.45, 7) is 0.297. The first-order valence-electron chi connectivity index (χ1n) is 6.70. The van der Waals surface area contributed by atoms with Crippen molar-refractivity contribution in [3.05, 3.63) is 54.1 Å². The first-order chi connectivity index (χ1) is 10.9. The Balaban J connectivity index is 1.95. The van der Waals surface area contributed by atoms with Crippen molar-refractivity contribution in [1.29, 1.82) is 0 Å². The van der Waals surface area contributed by atoms with E-state index < -0.39 is 16.1 Å². The molecule has 2 amide bonds. The first kappa shape index (κ1) is 16.8.